The Labute approximate surface area is 136 Å². The summed E-state index contributed by atoms with van der Waals surface area (Å²) in [6, 6.07) is -0.898. The van der Waals surface area contributed by atoms with Gasteiger partial charge in [-0.2, -0.15) is 0 Å². The van der Waals surface area contributed by atoms with E-state index in [0.717, 1.165) is 23.4 Å². The lowest BCUT2D eigenvalue weighted by Crippen LogP contribution is -2.52. The van der Waals surface area contributed by atoms with Crippen LogP contribution in [0.2, 0.25) is 0 Å². The van der Waals surface area contributed by atoms with Gasteiger partial charge in [-0.05, 0) is 56.3 Å². The van der Waals surface area contributed by atoms with Crippen LogP contribution in [0.3, 0.4) is 0 Å². The third-order valence-corrected chi connectivity index (χ3v) is 6.04. The summed E-state index contributed by atoms with van der Waals surface area (Å²) in [5.41, 5.74) is 6.51. The number of rotatable bonds is 6. The fourth-order valence-corrected chi connectivity index (χ4v) is 5.36. The third kappa shape index (κ3) is 2.90. The zero-order chi connectivity index (χ0) is 16.0. The van der Waals surface area contributed by atoms with Crippen molar-refractivity contribution in [2.24, 2.45) is 23.5 Å². The molecular weight excluding hydrogens is 294 g/mol. The summed E-state index contributed by atoms with van der Waals surface area (Å²) in [5.74, 6) is 1.57. The van der Waals surface area contributed by atoms with Crippen LogP contribution in [0.25, 0.3) is 0 Å². The van der Waals surface area contributed by atoms with Gasteiger partial charge in [-0.1, -0.05) is 0 Å². The summed E-state index contributed by atoms with van der Waals surface area (Å²) in [6.07, 6.45) is 11.4. The molecule has 1 aromatic rings. The van der Waals surface area contributed by atoms with Gasteiger partial charge in [0.1, 0.15) is 12.8 Å². The van der Waals surface area contributed by atoms with E-state index in [4.69, 9.17) is 15.6 Å². The van der Waals surface area contributed by atoms with E-state index >= 15 is 0 Å². The van der Waals surface area contributed by atoms with Gasteiger partial charge in [0.05, 0.1) is 11.9 Å². The molecule has 0 aliphatic heterocycles. The van der Waals surface area contributed by atoms with Crippen LogP contribution in [0.5, 0.6) is 0 Å². The van der Waals surface area contributed by atoms with Crippen LogP contribution in [0, 0.1) is 17.8 Å². The summed E-state index contributed by atoms with van der Waals surface area (Å²) in [4.78, 5) is 15.1. The Morgan fingerprint density at radius 2 is 1.96 bits per heavy atom. The number of hydrogen-bond donors (Lipinski definition) is 2. The number of carboxylic acids is 1. The van der Waals surface area contributed by atoms with Gasteiger partial charge in [-0.3, -0.25) is 4.79 Å². The average molecular weight is 319 g/mol. The Morgan fingerprint density at radius 1 is 1.35 bits per heavy atom. The number of hydrogen-bond acceptors (Lipinski definition) is 4. The van der Waals surface area contributed by atoms with Crippen molar-refractivity contribution < 1.29 is 14.6 Å². The predicted octanol–water partition coefficient (Wildman–Crippen LogP) is 1.78. The van der Waals surface area contributed by atoms with E-state index in [0.29, 0.717) is 6.73 Å². The van der Waals surface area contributed by atoms with Gasteiger partial charge in [0.2, 0.25) is 0 Å². The number of nitrogens with two attached hydrogens (primary N) is 1. The first-order valence-corrected chi connectivity index (χ1v) is 8.64. The van der Waals surface area contributed by atoms with Crippen LogP contribution >= 0.6 is 0 Å². The Kier molecular flexibility index (Phi) is 3.69. The van der Waals surface area contributed by atoms with Crippen molar-refractivity contribution in [1.82, 2.24) is 9.55 Å². The Bertz CT molecular complexity index is 562. The van der Waals surface area contributed by atoms with E-state index in [1.807, 2.05) is 4.57 Å². The van der Waals surface area contributed by atoms with E-state index < -0.39 is 12.0 Å². The van der Waals surface area contributed by atoms with E-state index in [-0.39, 0.29) is 12.0 Å². The van der Waals surface area contributed by atoms with Crippen LogP contribution in [-0.2, 0) is 22.7 Å². The Hall–Kier alpha value is -1.40. The fourth-order valence-electron chi connectivity index (χ4n) is 5.36. The highest BCUT2D eigenvalue weighted by Gasteiger charge is 2.51. The van der Waals surface area contributed by atoms with Gasteiger partial charge >= 0.3 is 5.97 Å². The van der Waals surface area contributed by atoms with Crippen molar-refractivity contribution >= 4 is 5.97 Å². The van der Waals surface area contributed by atoms with E-state index in [9.17, 15) is 4.79 Å². The van der Waals surface area contributed by atoms with Crippen molar-refractivity contribution in [3.8, 4) is 0 Å². The largest absolute Gasteiger partial charge is 0.480 e. The SMILES string of the molecule is N[C@@H](Cc1cncn1COC12CC3CC(CC(C3)C1)C2)C(=O)O. The number of aromatic nitrogens is 2. The number of carboxylic acid groups (broad SMARTS) is 1. The van der Waals surface area contributed by atoms with Crippen molar-refractivity contribution in [3.63, 3.8) is 0 Å². The maximum atomic E-state index is 10.9. The number of aliphatic carboxylic acids is 1. The molecule has 0 unspecified atom stereocenters. The molecule has 23 heavy (non-hydrogen) atoms. The normalized spacial score (nSPS) is 36.3. The molecule has 1 atom stereocenters. The molecule has 0 aromatic carbocycles. The summed E-state index contributed by atoms with van der Waals surface area (Å²) in [5, 5.41) is 8.97. The molecule has 5 rings (SSSR count). The molecule has 6 nitrogen and oxygen atoms in total. The first kappa shape index (κ1) is 15.1. The lowest BCUT2D eigenvalue weighted by atomic mass is 9.54. The molecule has 4 saturated carbocycles. The first-order valence-electron chi connectivity index (χ1n) is 8.64. The summed E-state index contributed by atoms with van der Waals surface area (Å²) >= 11 is 0. The molecule has 0 saturated heterocycles. The minimum absolute atomic E-state index is 0.0468. The number of nitrogens with zero attached hydrogens (tertiary/aromatic N) is 2. The number of imidazole rings is 1. The minimum Gasteiger partial charge on any atom is -0.480 e. The maximum Gasteiger partial charge on any atom is 0.320 e. The van der Waals surface area contributed by atoms with E-state index in [1.54, 1.807) is 12.5 Å². The maximum absolute atomic E-state index is 10.9. The first-order chi connectivity index (χ1) is 11.0. The molecule has 4 fully saturated rings. The minimum atomic E-state index is -0.986. The topological polar surface area (TPSA) is 90.4 Å². The second kappa shape index (κ2) is 5.60. The third-order valence-electron chi connectivity index (χ3n) is 6.04. The van der Waals surface area contributed by atoms with Crippen molar-refractivity contribution in [3.05, 3.63) is 18.2 Å². The zero-order valence-corrected chi connectivity index (χ0v) is 13.4. The van der Waals surface area contributed by atoms with E-state index in [2.05, 4.69) is 4.98 Å². The number of ether oxygens (including phenoxy) is 1. The molecule has 0 spiro atoms. The molecule has 0 amide bonds. The molecular formula is C17H25N3O3. The molecule has 3 N–H and O–H groups in total. The van der Waals surface area contributed by atoms with Gasteiger partial charge < -0.3 is 20.1 Å². The molecule has 126 valence electrons. The monoisotopic (exact) mass is 319 g/mol. The second-order valence-corrected chi connectivity index (χ2v) is 7.88. The molecule has 4 aliphatic rings. The standard InChI is InChI=1S/C17H25N3O3/c18-15(16(21)22)4-14-8-19-9-20(14)10-23-17-5-11-1-12(6-17)3-13(2-11)7-17/h8-9,11-13,15H,1-7,10,18H2,(H,21,22)/t11?,12?,13?,15-,17?/m0/s1. The van der Waals surface area contributed by atoms with Gasteiger partial charge in [0.25, 0.3) is 0 Å². The van der Waals surface area contributed by atoms with Crippen molar-refractivity contribution in [2.45, 2.75) is 63.3 Å². The summed E-state index contributed by atoms with van der Waals surface area (Å²) in [7, 11) is 0. The van der Waals surface area contributed by atoms with Crippen LogP contribution in [0.4, 0.5) is 0 Å². The van der Waals surface area contributed by atoms with Gasteiger partial charge in [-0.15, -0.1) is 0 Å². The zero-order valence-electron chi connectivity index (χ0n) is 13.4. The fraction of sp³-hybridized carbons (Fsp3) is 0.765. The van der Waals surface area contributed by atoms with Gasteiger partial charge in [-0.25, -0.2) is 4.98 Å². The second-order valence-electron chi connectivity index (χ2n) is 7.88. The van der Waals surface area contributed by atoms with E-state index in [1.165, 1.54) is 38.5 Å². The average Bonchev–Trinajstić information content (AvgIpc) is 2.91. The Balaban J connectivity index is 1.42. The lowest BCUT2D eigenvalue weighted by Gasteiger charge is -2.56. The summed E-state index contributed by atoms with van der Waals surface area (Å²) < 4.78 is 8.31. The Morgan fingerprint density at radius 3 is 2.52 bits per heavy atom. The van der Waals surface area contributed by atoms with Crippen molar-refractivity contribution in [1.29, 1.82) is 0 Å². The smallest absolute Gasteiger partial charge is 0.320 e. The van der Waals surface area contributed by atoms with Crippen LogP contribution in [0.1, 0.15) is 44.2 Å². The molecule has 4 aliphatic carbocycles. The van der Waals surface area contributed by atoms with Crippen molar-refractivity contribution in [2.75, 3.05) is 0 Å². The molecule has 4 bridgehead atoms. The lowest BCUT2D eigenvalue weighted by molar-refractivity contribution is -0.181. The van der Waals surface area contributed by atoms with Crippen LogP contribution in [-0.4, -0.2) is 32.3 Å². The van der Waals surface area contributed by atoms with Gasteiger partial charge in [0.15, 0.2) is 0 Å². The quantitative estimate of drug-likeness (QED) is 0.834. The predicted molar refractivity (Wildman–Crippen MR) is 83.5 cm³/mol. The highest BCUT2D eigenvalue weighted by atomic mass is 16.5. The molecule has 0 radical (unpaired) electrons. The number of carbonyl (C=O) groups is 1. The highest BCUT2D eigenvalue weighted by molar-refractivity contribution is 5.73. The highest BCUT2D eigenvalue weighted by Crippen LogP contribution is 2.57. The molecule has 1 aromatic heterocycles. The summed E-state index contributed by atoms with van der Waals surface area (Å²) in [6.45, 7) is 0.452. The van der Waals surface area contributed by atoms with Crippen LogP contribution in [0.15, 0.2) is 12.5 Å². The van der Waals surface area contributed by atoms with Gasteiger partial charge in [0, 0.05) is 18.3 Å². The van der Waals surface area contributed by atoms with Crippen LogP contribution < -0.4 is 5.73 Å². The molecule has 1 heterocycles. The molecule has 6 heteroatoms.